The van der Waals surface area contributed by atoms with Gasteiger partial charge in [0.2, 0.25) is 0 Å². The third-order valence-electron chi connectivity index (χ3n) is 3.35. The molecule has 4 heteroatoms. The molecule has 0 aromatic heterocycles. The first kappa shape index (κ1) is 16.2. The van der Waals surface area contributed by atoms with Crippen molar-refractivity contribution in [2.24, 2.45) is 5.73 Å². The SMILES string of the molecule is CCC(CC)N(C)C(=O)c1cc(F)ccc1C#CCN. The first-order valence-corrected chi connectivity index (χ1v) is 6.80. The predicted molar refractivity (Wildman–Crippen MR) is 78.8 cm³/mol. The maximum Gasteiger partial charge on any atom is 0.255 e. The van der Waals surface area contributed by atoms with Crippen LogP contribution in [0.5, 0.6) is 0 Å². The highest BCUT2D eigenvalue weighted by Crippen LogP contribution is 2.16. The molecule has 0 saturated carbocycles. The van der Waals surface area contributed by atoms with Crippen molar-refractivity contribution in [2.75, 3.05) is 13.6 Å². The molecule has 1 amide bonds. The maximum atomic E-state index is 13.4. The molecule has 1 aromatic rings. The fourth-order valence-electron chi connectivity index (χ4n) is 2.14. The van der Waals surface area contributed by atoms with Crippen LogP contribution < -0.4 is 5.73 Å². The first-order valence-electron chi connectivity index (χ1n) is 6.80. The molecule has 1 aromatic carbocycles. The minimum atomic E-state index is -0.440. The number of benzene rings is 1. The lowest BCUT2D eigenvalue weighted by atomic mass is 10.0. The summed E-state index contributed by atoms with van der Waals surface area (Å²) in [6, 6.07) is 4.20. The molecule has 108 valence electrons. The van der Waals surface area contributed by atoms with Crippen molar-refractivity contribution in [2.45, 2.75) is 32.7 Å². The number of nitrogens with zero attached hydrogens (tertiary/aromatic N) is 1. The van der Waals surface area contributed by atoms with Gasteiger partial charge in [-0.1, -0.05) is 25.7 Å². The third-order valence-corrected chi connectivity index (χ3v) is 3.35. The lowest BCUT2D eigenvalue weighted by molar-refractivity contribution is 0.0723. The minimum absolute atomic E-state index is 0.140. The quantitative estimate of drug-likeness (QED) is 0.858. The van der Waals surface area contributed by atoms with Crippen LogP contribution in [0.3, 0.4) is 0 Å². The van der Waals surface area contributed by atoms with Crippen molar-refractivity contribution in [3.05, 3.63) is 35.1 Å². The Labute approximate surface area is 120 Å². The number of hydrogen-bond donors (Lipinski definition) is 1. The Morgan fingerprint density at radius 2 is 2.05 bits per heavy atom. The molecule has 0 aliphatic heterocycles. The number of rotatable bonds is 4. The largest absolute Gasteiger partial charge is 0.339 e. The molecule has 0 saturated heterocycles. The molecular formula is C16H21FN2O. The Kier molecular flexibility index (Phi) is 6.20. The van der Waals surface area contributed by atoms with Crippen LogP contribution in [-0.2, 0) is 0 Å². The summed E-state index contributed by atoms with van der Waals surface area (Å²) in [5.74, 6) is 4.87. The second-order valence-corrected chi connectivity index (χ2v) is 4.58. The van der Waals surface area contributed by atoms with Crippen LogP contribution in [0.1, 0.15) is 42.6 Å². The molecule has 0 bridgehead atoms. The van der Waals surface area contributed by atoms with Crippen molar-refractivity contribution >= 4 is 5.91 Å². The van der Waals surface area contributed by atoms with Crippen LogP contribution >= 0.6 is 0 Å². The lowest BCUT2D eigenvalue weighted by Crippen LogP contribution is -2.36. The van der Waals surface area contributed by atoms with Crippen LogP contribution in [0.15, 0.2) is 18.2 Å². The van der Waals surface area contributed by atoms with Gasteiger partial charge in [-0.2, -0.15) is 0 Å². The molecule has 2 N–H and O–H groups in total. The van der Waals surface area contributed by atoms with Gasteiger partial charge in [0.05, 0.1) is 12.1 Å². The number of carbonyl (C=O) groups excluding carboxylic acids is 1. The summed E-state index contributed by atoms with van der Waals surface area (Å²) < 4.78 is 13.4. The van der Waals surface area contributed by atoms with E-state index >= 15 is 0 Å². The smallest absolute Gasteiger partial charge is 0.255 e. The first-order chi connectivity index (χ1) is 9.54. The molecule has 0 atom stereocenters. The van der Waals surface area contributed by atoms with E-state index in [9.17, 15) is 9.18 Å². The van der Waals surface area contributed by atoms with Crippen LogP contribution in [-0.4, -0.2) is 30.4 Å². The third kappa shape index (κ3) is 3.82. The molecule has 0 unspecified atom stereocenters. The van der Waals surface area contributed by atoms with Gasteiger partial charge in [0.15, 0.2) is 0 Å². The Morgan fingerprint density at radius 3 is 2.60 bits per heavy atom. The van der Waals surface area contributed by atoms with Crippen molar-refractivity contribution in [1.82, 2.24) is 4.90 Å². The number of nitrogens with two attached hydrogens (primary N) is 1. The molecule has 3 nitrogen and oxygen atoms in total. The van der Waals surface area contributed by atoms with Gasteiger partial charge in [0.1, 0.15) is 5.82 Å². The minimum Gasteiger partial charge on any atom is -0.339 e. The molecule has 0 spiro atoms. The summed E-state index contributed by atoms with van der Waals surface area (Å²) in [5, 5.41) is 0. The van der Waals surface area contributed by atoms with E-state index in [1.807, 2.05) is 13.8 Å². The molecule has 1 rings (SSSR count). The monoisotopic (exact) mass is 276 g/mol. The van der Waals surface area contributed by atoms with Crippen LogP contribution in [0, 0.1) is 17.7 Å². The molecule has 0 aliphatic carbocycles. The van der Waals surface area contributed by atoms with Gasteiger partial charge in [0.25, 0.3) is 5.91 Å². The highest BCUT2D eigenvalue weighted by Gasteiger charge is 2.20. The summed E-state index contributed by atoms with van der Waals surface area (Å²) in [7, 11) is 1.74. The van der Waals surface area contributed by atoms with Crippen molar-refractivity contribution in [1.29, 1.82) is 0 Å². The summed E-state index contributed by atoms with van der Waals surface area (Å²) >= 11 is 0. The molecule has 0 heterocycles. The number of hydrogen-bond acceptors (Lipinski definition) is 2. The van der Waals surface area contributed by atoms with E-state index in [1.54, 1.807) is 11.9 Å². The number of carbonyl (C=O) groups is 1. The van der Waals surface area contributed by atoms with Gasteiger partial charge in [-0.15, -0.1) is 0 Å². The van der Waals surface area contributed by atoms with E-state index in [4.69, 9.17) is 5.73 Å². The van der Waals surface area contributed by atoms with Crippen LogP contribution in [0.2, 0.25) is 0 Å². The zero-order valence-electron chi connectivity index (χ0n) is 12.2. The van der Waals surface area contributed by atoms with Crippen LogP contribution in [0.4, 0.5) is 4.39 Å². The van der Waals surface area contributed by atoms with Gasteiger partial charge in [0, 0.05) is 18.7 Å². The van der Waals surface area contributed by atoms with E-state index < -0.39 is 5.82 Å². The molecular weight excluding hydrogens is 255 g/mol. The standard InChI is InChI=1S/C16H21FN2O/c1-4-14(5-2)19(3)16(20)15-11-13(17)9-8-12(15)7-6-10-18/h8-9,11,14H,4-5,10,18H2,1-3H3. The topological polar surface area (TPSA) is 46.3 Å². The Balaban J connectivity index is 3.16. The van der Waals surface area contributed by atoms with Gasteiger partial charge < -0.3 is 10.6 Å². The van der Waals surface area contributed by atoms with E-state index in [0.717, 1.165) is 12.8 Å². The van der Waals surface area contributed by atoms with E-state index in [1.165, 1.54) is 18.2 Å². The molecule has 0 fully saturated rings. The predicted octanol–water partition coefficient (Wildman–Crippen LogP) is 2.40. The highest BCUT2D eigenvalue weighted by atomic mass is 19.1. The normalized spacial score (nSPS) is 10.1. The Hall–Kier alpha value is -1.86. The van der Waals surface area contributed by atoms with Crippen LogP contribution in [0.25, 0.3) is 0 Å². The summed E-state index contributed by atoms with van der Waals surface area (Å²) in [5.41, 5.74) is 6.15. The van der Waals surface area contributed by atoms with Gasteiger partial charge in [-0.05, 0) is 31.0 Å². The molecule has 0 radical (unpaired) electrons. The highest BCUT2D eigenvalue weighted by molar-refractivity contribution is 5.96. The van der Waals surface area contributed by atoms with Crippen molar-refractivity contribution in [3.8, 4) is 11.8 Å². The average molecular weight is 276 g/mol. The van der Waals surface area contributed by atoms with E-state index in [2.05, 4.69) is 11.8 Å². The second-order valence-electron chi connectivity index (χ2n) is 4.58. The van der Waals surface area contributed by atoms with Gasteiger partial charge in [-0.25, -0.2) is 4.39 Å². The fraction of sp³-hybridized carbons (Fsp3) is 0.438. The molecule has 20 heavy (non-hydrogen) atoms. The second kappa shape index (κ2) is 7.66. The van der Waals surface area contributed by atoms with E-state index in [0.29, 0.717) is 11.1 Å². The zero-order chi connectivity index (χ0) is 15.1. The number of amides is 1. The fourth-order valence-corrected chi connectivity index (χ4v) is 2.14. The zero-order valence-corrected chi connectivity index (χ0v) is 12.2. The lowest BCUT2D eigenvalue weighted by Gasteiger charge is -2.26. The summed E-state index contributed by atoms with van der Waals surface area (Å²) in [6.45, 7) is 4.25. The summed E-state index contributed by atoms with van der Waals surface area (Å²) in [4.78, 5) is 14.2. The Bertz CT molecular complexity index is 527. The Morgan fingerprint density at radius 1 is 1.40 bits per heavy atom. The van der Waals surface area contributed by atoms with Gasteiger partial charge in [-0.3, -0.25) is 4.79 Å². The number of halogens is 1. The van der Waals surface area contributed by atoms with Gasteiger partial charge >= 0.3 is 0 Å². The maximum absolute atomic E-state index is 13.4. The molecule has 0 aliphatic rings. The van der Waals surface area contributed by atoms with E-state index in [-0.39, 0.29) is 18.5 Å². The average Bonchev–Trinajstić information content (AvgIpc) is 2.46. The van der Waals surface area contributed by atoms with Crippen molar-refractivity contribution < 1.29 is 9.18 Å². The summed E-state index contributed by atoms with van der Waals surface area (Å²) in [6.07, 6.45) is 1.72. The van der Waals surface area contributed by atoms with Crippen molar-refractivity contribution in [3.63, 3.8) is 0 Å².